The number of benzene rings is 1. The molecule has 2 rings (SSSR count). The maximum absolute atomic E-state index is 13.6. The Morgan fingerprint density at radius 2 is 2.13 bits per heavy atom. The first-order valence-corrected chi connectivity index (χ1v) is 7.18. The van der Waals surface area contributed by atoms with E-state index < -0.39 is 17.6 Å². The molecule has 1 unspecified atom stereocenters. The molecule has 122 valence electrons. The third kappa shape index (κ3) is 4.15. The second kappa shape index (κ2) is 7.04. The van der Waals surface area contributed by atoms with E-state index in [0.29, 0.717) is 18.7 Å². The van der Waals surface area contributed by atoms with Crippen molar-refractivity contribution in [2.45, 2.75) is 12.8 Å². The summed E-state index contributed by atoms with van der Waals surface area (Å²) >= 11 is 0. The molecule has 1 aromatic rings. The average molecular weight is 319 g/mol. The van der Waals surface area contributed by atoms with Crippen LogP contribution in [-0.4, -0.2) is 36.2 Å². The molecular weight excluding hydrogens is 301 g/mol. The van der Waals surface area contributed by atoms with Crippen molar-refractivity contribution >= 4 is 29.1 Å². The Labute approximate surface area is 133 Å². The summed E-state index contributed by atoms with van der Waals surface area (Å²) in [4.78, 5) is 36.7. The molecule has 0 spiro atoms. The molecule has 1 heterocycles. The van der Waals surface area contributed by atoms with Crippen molar-refractivity contribution in [2.24, 2.45) is 5.92 Å². The topological polar surface area (TPSA) is 78.5 Å². The predicted molar refractivity (Wildman–Crippen MR) is 84.2 cm³/mol. The van der Waals surface area contributed by atoms with Gasteiger partial charge in [0.2, 0.25) is 17.7 Å². The van der Waals surface area contributed by atoms with E-state index in [1.165, 1.54) is 12.1 Å². The zero-order valence-corrected chi connectivity index (χ0v) is 12.8. The van der Waals surface area contributed by atoms with Crippen LogP contribution in [0.2, 0.25) is 0 Å². The molecule has 23 heavy (non-hydrogen) atoms. The van der Waals surface area contributed by atoms with Crippen LogP contribution in [0, 0.1) is 11.7 Å². The quantitative estimate of drug-likeness (QED) is 0.830. The van der Waals surface area contributed by atoms with Crippen molar-refractivity contribution < 1.29 is 18.8 Å². The van der Waals surface area contributed by atoms with E-state index in [4.69, 9.17) is 0 Å². The van der Waals surface area contributed by atoms with Gasteiger partial charge in [0.15, 0.2) is 0 Å². The molecule has 0 radical (unpaired) electrons. The van der Waals surface area contributed by atoms with Crippen molar-refractivity contribution in [1.82, 2.24) is 4.90 Å². The standard InChI is InChI=1S/C16H18FN3O3/c1-3-14(21)19-13-9-11(4-5-12(13)17)18-16(23)10-6-7-20(2)15(22)8-10/h3-5,9-10H,1,6-8H2,2H3,(H,18,23)(H,19,21). The summed E-state index contributed by atoms with van der Waals surface area (Å²) in [5.74, 6) is -1.94. The first-order valence-electron chi connectivity index (χ1n) is 7.18. The number of nitrogens with one attached hydrogen (secondary N) is 2. The minimum atomic E-state index is -0.618. The fourth-order valence-electron chi connectivity index (χ4n) is 2.29. The van der Waals surface area contributed by atoms with Crippen LogP contribution < -0.4 is 10.6 Å². The molecule has 1 aliphatic heterocycles. The van der Waals surface area contributed by atoms with Gasteiger partial charge in [-0.1, -0.05) is 6.58 Å². The molecule has 1 saturated heterocycles. The molecule has 1 fully saturated rings. The number of hydrogen-bond donors (Lipinski definition) is 2. The summed E-state index contributed by atoms with van der Waals surface area (Å²) < 4.78 is 13.6. The normalized spacial score (nSPS) is 17.6. The van der Waals surface area contributed by atoms with E-state index in [1.54, 1.807) is 11.9 Å². The maximum atomic E-state index is 13.6. The van der Waals surface area contributed by atoms with E-state index in [1.807, 2.05) is 0 Å². The monoisotopic (exact) mass is 319 g/mol. The molecule has 0 saturated carbocycles. The summed E-state index contributed by atoms with van der Waals surface area (Å²) in [7, 11) is 1.70. The minimum Gasteiger partial charge on any atom is -0.346 e. The molecule has 1 aromatic carbocycles. The number of piperidine rings is 1. The number of carbonyl (C=O) groups excluding carboxylic acids is 3. The van der Waals surface area contributed by atoms with Crippen LogP contribution in [-0.2, 0) is 14.4 Å². The lowest BCUT2D eigenvalue weighted by Gasteiger charge is -2.27. The van der Waals surface area contributed by atoms with E-state index in [-0.39, 0.29) is 23.9 Å². The lowest BCUT2D eigenvalue weighted by Crippen LogP contribution is -2.39. The number of amides is 3. The van der Waals surface area contributed by atoms with Crippen LogP contribution in [0.1, 0.15) is 12.8 Å². The molecular formula is C16H18FN3O3. The summed E-state index contributed by atoms with van der Waals surface area (Å²) in [5, 5.41) is 4.97. The highest BCUT2D eigenvalue weighted by Gasteiger charge is 2.28. The molecule has 2 N–H and O–H groups in total. The molecule has 0 aliphatic carbocycles. The number of anilines is 2. The fraction of sp³-hybridized carbons (Fsp3) is 0.312. The van der Waals surface area contributed by atoms with Gasteiger partial charge in [0, 0.05) is 31.6 Å². The third-order valence-corrected chi connectivity index (χ3v) is 3.71. The van der Waals surface area contributed by atoms with Gasteiger partial charge in [0.05, 0.1) is 5.69 Å². The van der Waals surface area contributed by atoms with Gasteiger partial charge in [-0.15, -0.1) is 0 Å². The Morgan fingerprint density at radius 1 is 1.39 bits per heavy atom. The fourth-order valence-corrected chi connectivity index (χ4v) is 2.29. The summed E-state index contributed by atoms with van der Waals surface area (Å²) in [6, 6.07) is 3.87. The lowest BCUT2D eigenvalue weighted by atomic mass is 9.95. The van der Waals surface area contributed by atoms with E-state index >= 15 is 0 Å². The van der Waals surface area contributed by atoms with Gasteiger partial charge in [-0.3, -0.25) is 14.4 Å². The highest BCUT2D eigenvalue weighted by molar-refractivity contribution is 6.00. The van der Waals surface area contributed by atoms with Gasteiger partial charge in [-0.25, -0.2) is 4.39 Å². The Kier molecular flexibility index (Phi) is 5.10. The molecule has 3 amide bonds. The predicted octanol–water partition coefficient (Wildman–Crippen LogP) is 1.76. The number of carbonyl (C=O) groups is 3. The third-order valence-electron chi connectivity index (χ3n) is 3.71. The van der Waals surface area contributed by atoms with Gasteiger partial charge in [0.1, 0.15) is 5.82 Å². The SMILES string of the molecule is C=CC(=O)Nc1cc(NC(=O)C2CCN(C)C(=O)C2)ccc1F. The summed E-state index contributed by atoms with van der Waals surface area (Å²) in [6.07, 6.45) is 1.76. The van der Waals surface area contributed by atoms with Crippen LogP contribution in [0.25, 0.3) is 0 Å². The van der Waals surface area contributed by atoms with Crippen molar-refractivity contribution in [2.75, 3.05) is 24.2 Å². The first-order chi connectivity index (χ1) is 10.9. The Bertz CT molecular complexity index is 660. The minimum absolute atomic E-state index is 0.0489. The first kappa shape index (κ1) is 16.7. The van der Waals surface area contributed by atoms with Crippen molar-refractivity contribution in [1.29, 1.82) is 0 Å². The van der Waals surface area contributed by atoms with Gasteiger partial charge >= 0.3 is 0 Å². The molecule has 0 bridgehead atoms. The zero-order valence-electron chi connectivity index (χ0n) is 12.8. The lowest BCUT2D eigenvalue weighted by molar-refractivity contribution is -0.137. The molecule has 7 heteroatoms. The number of likely N-dealkylation sites (tertiary alicyclic amines) is 1. The zero-order chi connectivity index (χ0) is 17.0. The smallest absolute Gasteiger partial charge is 0.247 e. The van der Waals surface area contributed by atoms with E-state index in [2.05, 4.69) is 17.2 Å². The van der Waals surface area contributed by atoms with Crippen LogP contribution in [0.15, 0.2) is 30.9 Å². The van der Waals surface area contributed by atoms with Gasteiger partial charge in [0.25, 0.3) is 0 Å². The largest absolute Gasteiger partial charge is 0.346 e. The van der Waals surface area contributed by atoms with Crippen molar-refractivity contribution in [3.63, 3.8) is 0 Å². The molecule has 6 nitrogen and oxygen atoms in total. The van der Waals surface area contributed by atoms with E-state index in [9.17, 15) is 18.8 Å². The second-order valence-electron chi connectivity index (χ2n) is 5.38. The van der Waals surface area contributed by atoms with Crippen molar-refractivity contribution in [3.05, 3.63) is 36.7 Å². The number of rotatable bonds is 4. The maximum Gasteiger partial charge on any atom is 0.247 e. The van der Waals surface area contributed by atoms with Crippen LogP contribution in [0.5, 0.6) is 0 Å². The molecule has 1 atom stereocenters. The molecule has 1 aliphatic rings. The average Bonchev–Trinajstić information content (AvgIpc) is 2.53. The Morgan fingerprint density at radius 3 is 2.78 bits per heavy atom. The summed E-state index contributed by atoms with van der Waals surface area (Å²) in [6.45, 7) is 3.82. The van der Waals surface area contributed by atoms with E-state index in [0.717, 1.165) is 12.1 Å². The Hall–Kier alpha value is -2.70. The van der Waals surface area contributed by atoms with Gasteiger partial charge in [-0.05, 0) is 30.7 Å². The number of hydrogen-bond acceptors (Lipinski definition) is 3. The number of halogens is 1. The van der Waals surface area contributed by atoms with Crippen LogP contribution >= 0.6 is 0 Å². The van der Waals surface area contributed by atoms with Gasteiger partial charge in [-0.2, -0.15) is 0 Å². The highest BCUT2D eigenvalue weighted by Crippen LogP contribution is 2.23. The summed E-state index contributed by atoms with van der Waals surface area (Å²) in [5.41, 5.74) is 0.300. The van der Waals surface area contributed by atoms with Crippen LogP contribution in [0.3, 0.4) is 0 Å². The van der Waals surface area contributed by atoms with Crippen molar-refractivity contribution in [3.8, 4) is 0 Å². The second-order valence-corrected chi connectivity index (χ2v) is 5.38. The van der Waals surface area contributed by atoms with Gasteiger partial charge < -0.3 is 15.5 Å². The number of nitrogens with zero attached hydrogens (tertiary/aromatic N) is 1. The molecule has 0 aromatic heterocycles. The Balaban J connectivity index is 2.06. The van der Waals surface area contributed by atoms with Crippen LogP contribution in [0.4, 0.5) is 15.8 Å². The highest BCUT2D eigenvalue weighted by atomic mass is 19.1.